The Bertz CT molecular complexity index is 812. The van der Waals surface area contributed by atoms with E-state index >= 15 is 0 Å². The van der Waals surface area contributed by atoms with Crippen molar-refractivity contribution in [1.29, 1.82) is 0 Å². The maximum Gasteiger partial charge on any atom is 0.212 e. The minimum Gasteiger partial charge on any atom is -0.201 e. The summed E-state index contributed by atoms with van der Waals surface area (Å²) in [7, 11) is 0.875. The van der Waals surface area contributed by atoms with Crippen LogP contribution in [0.1, 0.15) is 48.9 Å². The molecule has 0 spiro atoms. The second-order valence-corrected chi connectivity index (χ2v) is 14.7. The van der Waals surface area contributed by atoms with Crippen LogP contribution < -0.4 is 9.75 Å². The van der Waals surface area contributed by atoms with Crippen molar-refractivity contribution in [3.8, 4) is 11.3 Å². The Balaban J connectivity index is 2.16. The first-order chi connectivity index (χ1) is 12.2. The largest absolute Gasteiger partial charge is 0.212 e. The molecule has 0 unspecified atom stereocenters. The molecule has 1 nitrogen and oxygen atoms in total. The lowest BCUT2D eigenvalue weighted by Gasteiger charge is -2.22. The third kappa shape index (κ3) is 3.96. The second-order valence-electron chi connectivity index (χ2n) is 9.70. The first-order valence-electron chi connectivity index (χ1n) is 10.3. The maximum absolute atomic E-state index is 2.51. The standard InChI is InChI=1S/C24H36NSi/c1-17(2)12-21-15-23(25(4)16-24(21)26(5,6)7)22-14-20-11-9-8-10-19(20)13-18(22)3/h13-17H,8-12H2,1-7H3/q+1. The molecule has 140 valence electrons. The van der Waals surface area contributed by atoms with E-state index in [0.717, 1.165) is 0 Å². The summed E-state index contributed by atoms with van der Waals surface area (Å²) in [6.45, 7) is 14.4. The Kier molecular flexibility index (Phi) is 5.44. The smallest absolute Gasteiger partial charge is 0.201 e. The van der Waals surface area contributed by atoms with E-state index in [0.29, 0.717) is 5.92 Å². The van der Waals surface area contributed by atoms with E-state index in [1.807, 2.05) is 0 Å². The van der Waals surface area contributed by atoms with Gasteiger partial charge in [0.25, 0.3) is 0 Å². The summed E-state index contributed by atoms with van der Waals surface area (Å²) >= 11 is 0. The van der Waals surface area contributed by atoms with Crippen LogP contribution in [-0.4, -0.2) is 8.07 Å². The zero-order chi connectivity index (χ0) is 19.1. The predicted octanol–water partition coefficient (Wildman–Crippen LogP) is 5.11. The van der Waals surface area contributed by atoms with E-state index in [2.05, 4.69) is 76.4 Å². The van der Waals surface area contributed by atoms with Gasteiger partial charge in [0.05, 0.1) is 8.07 Å². The number of fused-ring (bicyclic) bond motifs is 1. The van der Waals surface area contributed by atoms with Crippen LogP contribution in [0.4, 0.5) is 0 Å². The molecule has 2 heteroatoms. The van der Waals surface area contributed by atoms with Crippen LogP contribution in [0.3, 0.4) is 0 Å². The molecule has 0 aliphatic heterocycles. The number of hydrogen-bond acceptors (Lipinski definition) is 0. The van der Waals surface area contributed by atoms with Crippen molar-refractivity contribution in [1.82, 2.24) is 0 Å². The molecule has 0 bridgehead atoms. The monoisotopic (exact) mass is 366 g/mol. The van der Waals surface area contributed by atoms with Gasteiger partial charge in [-0.25, -0.2) is 4.57 Å². The molecule has 3 rings (SSSR count). The highest BCUT2D eigenvalue weighted by atomic mass is 28.3. The Morgan fingerprint density at radius 3 is 2.19 bits per heavy atom. The molecule has 2 aromatic rings. The summed E-state index contributed by atoms with van der Waals surface area (Å²) in [6, 6.07) is 7.45. The molecular weight excluding hydrogens is 330 g/mol. The molecule has 1 aliphatic carbocycles. The molecule has 1 aliphatic rings. The molecule has 0 amide bonds. The molecule has 0 N–H and O–H groups in total. The fraction of sp³-hybridized carbons (Fsp3) is 0.542. The van der Waals surface area contributed by atoms with Crippen LogP contribution in [0, 0.1) is 12.8 Å². The van der Waals surface area contributed by atoms with Gasteiger partial charge in [-0.15, -0.1) is 0 Å². The van der Waals surface area contributed by atoms with Crippen molar-refractivity contribution in [3.05, 3.63) is 46.6 Å². The highest BCUT2D eigenvalue weighted by Gasteiger charge is 2.27. The Morgan fingerprint density at radius 2 is 1.62 bits per heavy atom. The van der Waals surface area contributed by atoms with Crippen molar-refractivity contribution in [2.75, 3.05) is 0 Å². The van der Waals surface area contributed by atoms with Gasteiger partial charge in [-0.1, -0.05) is 39.6 Å². The number of aryl methyl sites for hydroxylation is 4. The molecule has 0 atom stereocenters. The lowest BCUT2D eigenvalue weighted by molar-refractivity contribution is -0.659. The van der Waals surface area contributed by atoms with Crippen molar-refractivity contribution in [2.24, 2.45) is 13.0 Å². The van der Waals surface area contributed by atoms with Crippen LogP contribution >= 0.6 is 0 Å². The fourth-order valence-corrected chi connectivity index (χ4v) is 6.15. The number of rotatable bonds is 4. The Labute approximate surface area is 161 Å². The number of benzene rings is 1. The summed E-state index contributed by atoms with van der Waals surface area (Å²) < 4.78 is 2.38. The van der Waals surface area contributed by atoms with Crippen LogP contribution in [0.2, 0.25) is 19.6 Å². The van der Waals surface area contributed by atoms with Gasteiger partial charge in [-0.05, 0) is 73.3 Å². The average molecular weight is 367 g/mol. The third-order valence-corrected chi connectivity index (χ3v) is 7.83. The van der Waals surface area contributed by atoms with Crippen molar-refractivity contribution >= 4 is 13.3 Å². The molecular formula is C24H36NSi+. The topological polar surface area (TPSA) is 3.88 Å². The Hall–Kier alpha value is -1.41. The second kappa shape index (κ2) is 7.30. The number of aromatic nitrogens is 1. The number of hydrogen-bond donors (Lipinski definition) is 0. The minimum atomic E-state index is -1.36. The van der Waals surface area contributed by atoms with Gasteiger partial charge in [0.2, 0.25) is 5.69 Å². The van der Waals surface area contributed by atoms with E-state index in [1.165, 1.54) is 48.9 Å². The van der Waals surface area contributed by atoms with Gasteiger partial charge < -0.3 is 0 Å². The lowest BCUT2D eigenvalue weighted by atomic mass is 9.87. The van der Waals surface area contributed by atoms with Gasteiger partial charge in [0.1, 0.15) is 7.05 Å². The summed E-state index contributed by atoms with van der Waals surface area (Å²) in [5, 5.41) is 1.62. The summed E-state index contributed by atoms with van der Waals surface area (Å²) in [6.07, 6.45) is 8.82. The predicted molar refractivity (Wildman–Crippen MR) is 116 cm³/mol. The molecule has 26 heavy (non-hydrogen) atoms. The van der Waals surface area contributed by atoms with Gasteiger partial charge in [-0.2, -0.15) is 0 Å². The van der Waals surface area contributed by atoms with Gasteiger partial charge in [0, 0.05) is 16.8 Å². The molecule has 1 heterocycles. The summed E-state index contributed by atoms with van der Waals surface area (Å²) in [5.41, 5.74) is 8.98. The fourth-order valence-electron chi connectivity index (χ4n) is 4.43. The number of nitrogens with zero attached hydrogens (tertiary/aromatic N) is 1. The van der Waals surface area contributed by atoms with Gasteiger partial charge in [-0.3, -0.25) is 0 Å². The normalized spacial score (nSPS) is 14.6. The first kappa shape index (κ1) is 19.4. The van der Waals surface area contributed by atoms with Gasteiger partial charge in [0.15, 0.2) is 6.20 Å². The van der Waals surface area contributed by atoms with Crippen LogP contribution in [-0.2, 0) is 26.3 Å². The quantitative estimate of drug-likeness (QED) is 0.523. The van der Waals surface area contributed by atoms with Crippen LogP contribution in [0.15, 0.2) is 24.4 Å². The molecule has 1 aromatic carbocycles. The SMILES string of the molecule is Cc1cc2c(cc1-c1cc(CC(C)C)c([Si](C)(C)C)c[n+]1C)CCCC2. The average Bonchev–Trinajstić information content (AvgIpc) is 2.54. The molecule has 0 saturated heterocycles. The highest BCUT2D eigenvalue weighted by molar-refractivity contribution is 6.88. The minimum absolute atomic E-state index is 0.690. The highest BCUT2D eigenvalue weighted by Crippen LogP contribution is 2.30. The molecule has 1 aromatic heterocycles. The van der Waals surface area contributed by atoms with E-state index in [1.54, 1.807) is 21.9 Å². The first-order valence-corrected chi connectivity index (χ1v) is 13.8. The summed E-state index contributed by atoms with van der Waals surface area (Å²) in [4.78, 5) is 0. The Morgan fingerprint density at radius 1 is 1.00 bits per heavy atom. The van der Waals surface area contributed by atoms with Crippen LogP contribution in [0.5, 0.6) is 0 Å². The van der Waals surface area contributed by atoms with Crippen molar-refractivity contribution in [2.45, 2.75) is 72.5 Å². The van der Waals surface area contributed by atoms with E-state index in [4.69, 9.17) is 0 Å². The van der Waals surface area contributed by atoms with E-state index < -0.39 is 8.07 Å². The van der Waals surface area contributed by atoms with Crippen LogP contribution in [0.25, 0.3) is 11.3 Å². The zero-order valence-electron chi connectivity index (χ0n) is 17.9. The number of pyridine rings is 1. The van der Waals surface area contributed by atoms with Crippen molar-refractivity contribution < 1.29 is 4.57 Å². The molecule has 0 fully saturated rings. The van der Waals surface area contributed by atoms with Gasteiger partial charge >= 0.3 is 0 Å². The van der Waals surface area contributed by atoms with E-state index in [-0.39, 0.29) is 0 Å². The van der Waals surface area contributed by atoms with Crippen molar-refractivity contribution in [3.63, 3.8) is 0 Å². The third-order valence-electron chi connectivity index (χ3n) is 5.76. The maximum atomic E-state index is 2.51. The lowest BCUT2D eigenvalue weighted by Crippen LogP contribution is -2.47. The molecule has 0 saturated carbocycles. The molecule has 0 radical (unpaired) electrons. The summed E-state index contributed by atoms with van der Waals surface area (Å²) in [5.74, 6) is 0.690. The van der Waals surface area contributed by atoms with E-state index in [9.17, 15) is 0 Å². The zero-order valence-corrected chi connectivity index (χ0v) is 18.9.